The summed E-state index contributed by atoms with van der Waals surface area (Å²) in [6.07, 6.45) is 1.45. The summed E-state index contributed by atoms with van der Waals surface area (Å²) in [5, 5.41) is 8.86. The standard InChI is InChI=1S/C8H11NO3/c1-5-7(12-2)6(4-10)3-9-8(5)11/h3,10H,4H2,1-2H3,(H,9,11). The maximum atomic E-state index is 11.0. The molecular formula is C8H11NO3. The number of methoxy groups -OCH3 is 1. The third kappa shape index (κ3) is 1.33. The summed E-state index contributed by atoms with van der Waals surface area (Å²) in [6, 6.07) is 0. The highest BCUT2D eigenvalue weighted by atomic mass is 16.5. The van der Waals surface area contributed by atoms with Crippen LogP contribution in [0.3, 0.4) is 0 Å². The van der Waals surface area contributed by atoms with Gasteiger partial charge in [-0.05, 0) is 6.92 Å². The van der Waals surface area contributed by atoms with Crippen molar-refractivity contribution in [3.05, 3.63) is 27.7 Å². The van der Waals surface area contributed by atoms with Crippen molar-refractivity contribution in [1.82, 2.24) is 4.98 Å². The third-order valence-corrected chi connectivity index (χ3v) is 1.72. The summed E-state index contributed by atoms with van der Waals surface area (Å²) in [6.45, 7) is 1.51. The van der Waals surface area contributed by atoms with Gasteiger partial charge in [-0.25, -0.2) is 0 Å². The van der Waals surface area contributed by atoms with Crippen LogP contribution in [0.4, 0.5) is 0 Å². The maximum Gasteiger partial charge on any atom is 0.254 e. The van der Waals surface area contributed by atoms with Gasteiger partial charge in [0.25, 0.3) is 5.56 Å². The number of hydrogen-bond acceptors (Lipinski definition) is 3. The van der Waals surface area contributed by atoms with Crippen molar-refractivity contribution in [2.24, 2.45) is 0 Å². The van der Waals surface area contributed by atoms with Crippen LogP contribution in [0.5, 0.6) is 5.75 Å². The lowest BCUT2D eigenvalue weighted by Crippen LogP contribution is -2.12. The second kappa shape index (κ2) is 3.40. The van der Waals surface area contributed by atoms with E-state index in [9.17, 15) is 4.79 Å². The minimum absolute atomic E-state index is 0.138. The molecule has 0 saturated carbocycles. The molecule has 0 aliphatic heterocycles. The molecule has 0 unspecified atom stereocenters. The molecule has 0 aromatic carbocycles. The van der Waals surface area contributed by atoms with Crippen LogP contribution < -0.4 is 10.3 Å². The molecule has 1 rings (SSSR count). The van der Waals surface area contributed by atoms with E-state index < -0.39 is 0 Å². The van der Waals surface area contributed by atoms with Gasteiger partial charge in [0.1, 0.15) is 5.75 Å². The van der Waals surface area contributed by atoms with Gasteiger partial charge >= 0.3 is 0 Å². The van der Waals surface area contributed by atoms with Crippen molar-refractivity contribution < 1.29 is 9.84 Å². The Morgan fingerprint density at radius 2 is 2.33 bits per heavy atom. The zero-order valence-electron chi connectivity index (χ0n) is 7.05. The van der Waals surface area contributed by atoms with E-state index in [0.717, 1.165) is 0 Å². The maximum absolute atomic E-state index is 11.0. The lowest BCUT2D eigenvalue weighted by Gasteiger charge is -2.07. The van der Waals surface area contributed by atoms with Crippen molar-refractivity contribution in [3.8, 4) is 5.75 Å². The first kappa shape index (κ1) is 8.80. The van der Waals surface area contributed by atoms with Gasteiger partial charge in [0.15, 0.2) is 0 Å². The smallest absolute Gasteiger partial charge is 0.254 e. The topological polar surface area (TPSA) is 62.3 Å². The molecule has 0 bridgehead atoms. The van der Waals surface area contributed by atoms with Gasteiger partial charge in [-0.1, -0.05) is 0 Å². The van der Waals surface area contributed by atoms with E-state index in [-0.39, 0.29) is 12.2 Å². The predicted octanol–water partition coefficient (Wildman–Crippen LogP) is 0.184. The number of aromatic amines is 1. The molecule has 0 spiro atoms. The van der Waals surface area contributed by atoms with Crippen LogP contribution >= 0.6 is 0 Å². The molecule has 4 nitrogen and oxygen atoms in total. The SMILES string of the molecule is COc1c(CO)c[nH]c(=O)c1C. The zero-order valence-corrected chi connectivity index (χ0v) is 7.05. The number of ether oxygens (including phenoxy) is 1. The first-order valence-corrected chi connectivity index (χ1v) is 3.56. The Morgan fingerprint density at radius 1 is 1.67 bits per heavy atom. The van der Waals surface area contributed by atoms with Gasteiger partial charge in [-0.2, -0.15) is 0 Å². The van der Waals surface area contributed by atoms with E-state index in [0.29, 0.717) is 16.9 Å². The van der Waals surface area contributed by atoms with Crippen LogP contribution in [0.1, 0.15) is 11.1 Å². The normalized spacial score (nSPS) is 9.92. The number of H-pyrrole nitrogens is 1. The van der Waals surface area contributed by atoms with Crippen LogP contribution in [0.25, 0.3) is 0 Å². The highest BCUT2D eigenvalue weighted by Crippen LogP contribution is 2.18. The summed E-state index contributed by atoms with van der Waals surface area (Å²) in [5.41, 5.74) is 0.891. The molecule has 1 heterocycles. The van der Waals surface area contributed by atoms with E-state index in [4.69, 9.17) is 9.84 Å². The minimum Gasteiger partial charge on any atom is -0.496 e. The number of aromatic nitrogens is 1. The van der Waals surface area contributed by atoms with Gasteiger partial charge in [-0.3, -0.25) is 4.79 Å². The van der Waals surface area contributed by atoms with Crippen LogP contribution in [0, 0.1) is 6.92 Å². The fourth-order valence-corrected chi connectivity index (χ4v) is 1.07. The molecule has 0 amide bonds. The van der Waals surface area contributed by atoms with Gasteiger partial charge in [0.05, 0.1) is 19.3 Å². The summed E-state index contributed by atoms with van der Waals surface area (Å²) >= 11 is 0. The van der Waals surface area contributed by atoms with Crippen LogP contribution in [-0.2, 0) is 6.61 Å². The highest BCUT2D eigenvalue weighted by molar-refractivity contribution is 5.37. The number of rotatable bonds is 2. The molecule has 66 valence electrons. The molecule has 0 saturated heterocycles. The Labute approximate surface area is 69.8 Å². The summed E-state index contributed by atoms with van der Waals surface area (Å²) < 4.78 is 4.97. The number of aliphatic hydroxyl groups excluding tert-OH is 1. The second-order valence-corrected chi connectivity index (χ2v) is 2.46. The lowest BCUT2D eigenvalue weighted by molar-refractivity contribution is 0.272. The highest BCUT2D eigenvalue weighted by Gasteiger charge is 2.07. The Bertz CT molecular complexity index is 330. The van der Waals surface area contributed by atoms with Gasteiger partial charge < -0.3 is 14.8 Å². The first-order valence-electron chi connectivity index (χ1n) is 3.56. The number of nitrogens with one attached hydrogen (secondary N) is 1. The van der Waals surface area contributed by atoms with E-state index in [1.54, 1.807) is 6.92 Å². The Hall–Kier alpha value is -1.29. The molecule has 1 aromatic rings. The molecule has 1 aromatic heterocycles. The van der Waals surface area contributed by atoms with E-state index in [1.807, 2.05) is 0 Å². The Kier molecular flexibility index (Phi) is 2.50. The molecule has 0 aliphatic rings. The molecule has 12 heavy (non-hydrogen) atoms. The Morgan fingerprint density at radius 3 is 2.83 bits per heavy atom. The molecule has 0 atom stereocenters. The fourth-order valence-electron chi connectivity index (χ4n) is 1.07. The molecule has 0 aliphatic carbocycles. The second-order valence-electron chi connectivity index (χ2n) is 2.46. The van der Waals surface area contributed by atoms with Crippen LogP contribution in [0.15, 0.2) is 11.0 Å². The van der Waals surface area contributed by atoms with Crippen molar-refractivity contribution in [2.45, 2.75) is 13.5 Å². The van der Waals surface area contributed by atoms with Gasteiger partial charge in [0, 0.05) is 11.8 Å². The average Bonchev–Trinajstić information content (AvgIpc) is 2.09. The molecule has 0 radical (unpaired) electrons. The van der Waals surface area contributed by atoms with Gasteiger partial charge in [0.2, 0.25) is 0 Å². The van der Waals surface area contributed by atoms with Crippen molar-refractivity contribution >= 4 is 0 Å². The summed E-state index contributed by atoms with van der Waals surface area (Å²) in [4.78, 5) is 13.5. The molecule has 4 heteroatoms. The van der Waals surface area contributed by atoms with E-state index >= 15 is 0 Å². The first-order chi connectivity index (χ1) is 5.70. The molecule has 2 N–H and O–H groups in total. The average molecular weight is 169 g/mol. The Balaban J connectivity index is 3.35. The van der Waals surface area contributed by atoms with Crippen molar-refractivity contribution in [2.75, 3.05) is 7.11 Å². The number of pyridine rings is 1. The third-order valence-electron chi connectivity index (χ3n) is 1.72. The van der Waals surface area contributed by atoms with Crippen LogP contribution in [-0.4, -0.2) is 17.2 Å². The fraction of sp³-hybridized carbons (Fsp3) is 0.375. The molecular weight excluding hydrogens is 158 g/mol. The monoisotopic (exact) mass is 169 g/mol. The lowest BCUT2D eigenvalue weighted by atomic mass is 10.2. The summed E-state index contributed by atoms with van der Waals surface area (Å²) in [5.74, 6) is 0.459. The zero-order chi connectivity index (χ0) is 9.14. The summed E-state index contributed by atoms with van der Waals surface area (Å²) in [7, 11) is 1.47. The van der Waals surface area contributed by atoms with E-state index in [1.165, 1.54) is 13.3 Å². The number of hydrogen-bond donors (Lipinski definition) is 2. The minimum atomic E-state index is -0.191. The van der Waals surface area contributed by atoms with E-state index in [2.05, 4.69) is 4.98 Å². The van der Waals surface area contributed by atoms with Crippen molar-refractivity contribution in [3.63, 3.8) is 0 Å². The number of aliphatic hydroxyl groups is 1. The van der Waals surface area contributed by atoms with Gasteiger partial charge in [-0.15, -0.1) is 0 Å². The predicted molar refractivity (Wildman–Crippen MR) is 44.3 cm³/mol. The largest absolute Gasteiger partial charge is 0.496 e. The van der Waals surface area contributed by atoms with Crippen molar-refractivity contribution in [1.29, 1.82) is 0 Å². The quantitative estimate of drug-likeness (QED) is 0.664. The molecule has 0 fully saturated rings. The van der Waals surface area contributed by atoms with Crippen LogP contribution in [0.2, 0.25) is 0 Å².